The molecule has 1 heterocycles. The van der Waals surface area contributed by atoms with Crippen LogP contribution in [-0.4, -0.2) is 62.2 Å². The summed E-state index contributed by atoms with van der Waals surface area (Å²) in [5, 5.41) is 3.66. The van der Waals surface area contributed by atoms with E-state index in [1.165, 1.54) is 51.1 Å². The van der Waals surface area contributed by atoms with Crippen LogP contribution in [0.4, 0.5) is 0 Å². The number of nitrogens with zero attached hydrogens (tertiary/aromatic N) is 2. The Kier molecular flexibility index (Phi) is 6.51. The standard InChI is InChI=1S/C17H29N3/c1-16(8-9-17-6-4-3-5-7-17)18-10-11-20-14-12-19(2)13-15-20/h3-7,16,18H,8-15H2,1-2H3. The molecular formula is C17H29N3. The molecule has 0 spiro atoms. The molecule has 1 fully saturated rings. The van der Waals surface area contributed by atoms with E-state index in [2.05, 4.69) is 59.4 Å². The first kappa shape index (κ1) is 15.5. The summed E-state index contributed by atoms with van der Waals surface area (Å²) in [5.41, 5.74) is 1.44. The van der Waals surface area contributed by atoms with Crippen molar-refractivity contribution in [2.24, 2.45) is 0 Å². The van der Waals surface area contributed by atoms with Crippen LogP contribution >= 0.6 is 0 Å². The minimum atomic E-state index is 0.600. The molecule has 0 amide bonds. The molecule has 0 saturated carbocycles. The van der Waals surface area contributed by atoms with Gasteiger partial charge < -0.3 is 10.2 Å². The van der Waals surface area contributed by atoms with Crippen molar-refractivity contribution >= 4 is 0 Å². The lowest BCUT2D eigenvalue weighted by Gasteiger charge is -2.32. The Morgan fingerprint density at radius 2 is 1.80 bits per heavy atom. The van der Waals surface area contributed by atoms with Gasteiger partial charge in [0.1, 0.15) is 0 Å². The van der Waals surface area contributed by atoms with Crippen LogP contribution in [0.3, 0.4) is 0 Å². The number of aryl methyl sites for hydroxylation is 1. The summed E-state index contributed by atoms with van der Waals surface area (Å²) < 4.78 is 0. The van der Waals surface area contributed by atoms with Crippen molar-refractivity contribution in [3.63, 3.8) is 0 Å². The summed E-state index contributed by atoms with van der Waals surface area (Å²) in [6, 6.07) is 11.4. The number of piperazine rings is 1. The first-order valence-corrected chi connectivity index (χ1v) is 7.92. The fraction of sp³-hybridized carbons (Fsp3) is 0.647. The maximum atomic E-state index is 3.66. The highest BCUT2D eigenvalue weighted by Crippen LogP contribution is 2.04. The SMILES string of the molecule is CC(CCc1ccccc1)NCCN1CCN(C)CC1. The van der Waals surface area contributed by atoms with Crippen LogP contribution in [0.5, 0.6) is 0 Å². The fourth-order valence-electron chi connectivity index (χ4n) is 2.67. The third-order valence-corrected chi connectivity index (χ3v) is 4.23. The van der Waals surface area contributed by atoms with Gasteiger partial charge in [-0.15, -0.1) is 0 Å². The number of hydrogen-bond acceptors (Lipinski definition) is 3. The van der Waals surface area contributed by atoms with Crippen molar-refractivity contribution in [2.45, 2.75) is 25.8 Å². The van der Waals surface area contributed by atoms with Crippen molar-refractivity contribution in [1.82, 2.24) is 15.1 Å². The van der Waals surface area contributed by atoms with Crippen LogP contribution in [0.1, 0.15) is 18.9 Å². The molecule has 1 N–H and O–H groups in total. The van der Waals surface area contributed by atoms with Crippen molar-refractivity contribution < 1.29 is 0 Å². The van der Waals surface area contributed by atoms with Gasteiger partial charge in [-0.05, 0) is 32.4 Å². The Bertz CT molecular complexity index is 358. The Balaban J connectivity index is 1.55. The average Bonchev–Trinajstić information content (AvgIpc) is 2.48. The summed E-state index contributed by atoms with van der Waals surface area (Å²) in [6.07, 6.45) is 2.39. The van der Waals surface area contributed by atoms with Crippen LogP contribution in [0, 0.1) is 0 Å². The van der Waals surface area contributed by atoms with Crippen molar-refractivity contribution in [3.05, 3.63) is 35.9 Å². The molecule has 2 rings (SSSR count). The number of hydrogen-bond donors (Lipinski definition) is 1. The molecule has 1 aliphatic rings. The average molecular weight is 275 g/mol. The van der Waals surface area contributed by atoms with Gasteiger partial charge in [-0.25, -0.2) is 0 Å². The third-order valence-electron chi connectivity index (χ3n) is 4.23. The molecular weight excluding hydrogens is 246 g/mol. The first-order valence-electron chi connectivity index (χ1n) is 7.92. The van der Waals surface area contributed by atoms with Gasteiger partial charge in [0.2, 0.25) is 0 Å². The largest absolute Gasteiger partial charge is 0.313 e. The normalized spacial score (nSPS) is 19.1. The van der Waals surface area contributed by atoms with Crippen LogP contribution in [0.2, 0.25) is 0 Å². The van der Waals surface area contributed by atoms with E-state index < -0.39 is 0 Å². The van der Waals surface area contributed by atoms with Gasteiger partial charge in [0, 0.05) is 45.3 Å². The highest BCUT2D eigenvalue weighted by atomic mass is 15.2. The fourth-order valence-corrected chi connectivity index (χ4v) is 2.67. The molecule has 112 valence electrons. The monoisotopic (exact) mass is 275 g/mol. The smallest absolute Gasteiger partial charge is 0.0110 e. The third kappa shape index (κ3) is 5.61. The highest BCUT2D eigenvalue weighted by Gasteiger charge is 2.13. The number of nitrogens with one attached hydrogen (secondary N) is 1. The van der Waals surface area contributed by atoms with Gasteiger partial charge in [0.05, 0.1) is 0 Å². The van der Waals surface area contributed by atoms with E-state index in [9.17, 15) is 0 Å². The molecule has 3 heteroatoms. The molecule has 1 atom stereocenters. The molecule has 1 aromatic carbocycles. The Morgan fingerprint density at radius 3 is 2.50 bits per heavy atom. The maximum Gasteiger partial charge on any atom is 0.0110 e. The van der Waals surface area contributed by atoms with E-state index in [1.807, 2.05) is 0 Å². The zero-order valence-corrected chi connectivity index (χ0v) is 13.0. The zero-order valence-electron chi connectivity index (χ0n) is 13.0. The van der Waals surface area contributed by atoms with Crippen molar-refractivity contribution in [1.29, 1.82) is 0 Å². The van der Waals surface area contributed by atoms with E-state index in [0.717, 1.165) is 6.54 Å². The topological polar surface area (TPSA) is 18.5 Å². The van der Waals surface area contributed by atoms with Gasteiger partial charge in [0.15, 0.2) is 0 Å². The van der Waals surface area contributed by atoms with Gasteiger partial charge in [-0.3, -0.25) is 4.90 Å². The predicted octanol–water partition coefficient (Wildman–Crippen LogP) is 1.84. The predicted molar refractivity (Wildman–Crippen MR) is 86.2 cm³/mol. The zero-order chi connectivity index (χ0) is 14.2. The highest BCUT2D eigenvalue weighted by molar-refractivity contribution is 5.14. The maximum absolute atomic E-state index is 3.66. The summed E-state index contributed by atoms with van der Waals surface area (Å²) >= 11 is 0. The lowest BCUT2D eigenvalue weighted by molar-refractivity contribution is 0.153. The molecule has 1 aromatic rings. The molecule has 3 nitrogen and oxygen atoms in total. The lowest BCUT2D eigenvalue weighted by Crippen LogP contribution is -2.47. The van der Waals surface area contributed by atoms with E-state index in [-0.39, 0.29) is 0 Å². The second-order valence-corrected chi connectivity index (χ2v) is 6.02. The minimum absolute atomic E-state index is 0.600. The molecule has 0 aliphatic carbocycles. The van der Waals surface area contributed by atoms with Gasteiger partial charge in [-0.2, -0.15) is 0 Å². The second-order valence-electron chi connectivity index (χ2n) is 6.02. The Hall–Kier alpha value is -0.900. The van der Waals surface area contributed by atoms with Crippen LogP contribution < -0.4 is 5.32 Å². The van der Waals surface area contributed by atoms with E-state index in [4.69, 9.17) is 0 Å². The summed E-state index contributed by atoms with van der Waals surface area (Å²) in [7, 11) is 2.21. The first-order chi connectivity index (χ1) is 9.74. The van der Waals surface area contributed by atoms with Crippen LogP contribution in [-0.2, 0) is 6.42 Å². The molecule has 1 unspecified atom stereocenters. The van der Waals surface area contributed by atoms with Crippen molar-refractivity contribution in [2.75, 3.05) is 46.3 Å². The van der Waals surface area contributed by atoms with Crippen LogP contribution in [0.15, 0.2) is 30.3 Å². The Morgan fingerprint density at radius 1 is 1.10 bits per heavy atom. The molecule has 1 aliphatic heterocycles. The number of benzene rings is 1. The number of likely N-dealkylation sites (N-methyl/N-ethyl adjacent to an activating group) is 1. The van der Waals surface area contributed by atoms with Gasteiger partial charge in [-0.1, -0.05) is 30.3 Å². The quantitative estimate of drug-likeness (QED) is 0.819. The van der Waals surface area contributed by atoms with Crippen molar-refractivity contribution in [3.8, 4) is 0 Å². The summed E-state index contributed by atoms with van der Waals surface area (Å²) in [4.78, 5) is 4.98. The van der Waals surface area contributed by atoms with E-state index in [1.54, 1.807) is 0 Å². The summed E-state index contributed by atoms with van der Waals surface area (Å²) in [5.74, 6) is 0. The van der Waals surface area contributed by atoms with Crippen LogP contribution in [0.25, 0.3) is 0 Å². The lowest BCUT2D eigenvalue weighted by atomic mass is 10.1. The molecule has 20 heavy (non-hydrogen) atoms. The molecule has 0 aromatic heterocycles. The van der Waals surface area contributed by atoms with E-state index >= 15 is 0 Å². The number of rotatable bonds is 7. The molecule has 1 saturated heterocycles. The molecule has 0 bridgehead atoms. The Labute approximate surface area is 124 Å². The molecule has 0 radical (unpaired) electrons. The van der Waals surface area contributed by atoms with E-state index in [0.29, 0.717) is 6.04 Å². The summed E-state index contributed by atoms with van der Waals surface area (Å²) in [6.45, 7) is 9.45. The van der Waals surface area contributed by atoms with Gasteiger partial charge in [0.25, 0.3) is 0 Å². The second kappa shape index (κ2) is 8.40. The van der Waals surface area contributed by atoms with Gasteiger partial charge >= 0.3 is 0 Å². The minimum Gasteiger partial charge on any atom is -0.313 e.